The molecule has 28 heavy (non-hydrogen) atoms. The van der Waals surface area contributed by atoms with Crippen LogP contribution in [-0.2, 0) is 22.3 Å². The Morgan fingerprint density at radius 1 is 1.14 bits per heavy atom. The molecular formula is C20H21N3O3S2. The minimum atomic E-state index is -3.41. The average molecular weight is 416 g/mol. The molecule has 8 heteroatoms. The Labute approximate surface area is 168 Å². The van der Waals surface area contributed by atoms with Gasteiger partial charge in [-0.3, -0.25) is 4.79 Å². The summed E-state index contributed by atoms with van der Waals surface area (Å²) in [5.74, 6) is -0.340. The average Bonchev–Trinajstić information content (AvgIpc) is 3.34. The van der Waals surface area contributed by atoms with Gasteiger partial charge >= 0.3 is 0 Å². The third-order valence-electron chi connectivity index (χ3n) is 3.98. The van der Waals surface area contributed by atoms with Gasteiger partial charge in [0.15, 0.2) is 0 Å². The fraction of sp³-hybridized carbons (Fsp3) is 0.150. The lowest BCUT2D eigenvalue weighted by molar-refractivity contribution is 0.101. The van der Waals surface area contributed by atoms with E-state index in [0.717, 1.165) is 0 Å². The molecule has 1 amide bonds. The Kier molecular flexibility index (Phi) is 6.45. The monoisotopic (exact) mass is 415 g/mol. The molecule has 2 N–H and O–H groups in total. The Balaban J connectivity index is 1.64. The van der Waals surface area contributed by atoms with E-state index in [-0.39, 0.29) is 18.2 Å². The molecule has 0 unspecified atom stereocenters. The molecule has 0 saturated carbocycles. The quantitative estimate of drug-likeness (QED) is 0.525. The first kappa shape index (κ1) is 20.1. The van der Waals surface area contributed by atoms with Crippen LogP contribution in [0.5, 0.6) is 0 Å². The Morgan fingerprint density at radius 3 is 2.61 bits per heavy atom. The molecule has 146 valence electrons. The van der Waals surface area contributed by atoms with E-state index in [0.29, 0.717) is 23.5 Å². The first-order chi connectivity index (χ1) is 13.5. The Hall–Kier alpha value is -2.68. The van der Waals surface area contributed by atoms with Crippen molar-refractivity contribution in [2.24, 2.45) is 0 Å². The van der Waals surface area contributed by atoms with Crippen LogP contribution in [0.4, 0.5) is 5.69 Å². The normalized spacial score (nSPS) is 11.3. The molecule has 0 radical (unpaired) electrons. The van der Waals surface area contributed by atoms with Gasteiger partial charge in [0.2, 0.25) is 10.0 Å². The summed E-state index contributed by atoms with van der Waals surface area (Å²) in [6.45, 7) is 4.33. The van der Waals surface area contributed by atoms with Gasteiger partial charge in [0.1, 0.15) is 5.69 Å². The van der Waals surface area contributed by atoms with Crippen molar-refractivity contribution in [3.63, 3.8) is 0 Å². The molecule has 0 spiro atoms. The van der Waals surface area contributed by atoms with Crippen molar-refractivity contribution >= 4 is 33.0 Å². The van der Waals surface area contributed by atoms with Gasteiger partial charge < -0.3 is 9.88 Å². The second kappa shape index (κ2) is 9.01. The fourth-order valence-electron chi connectivity index (χ4n) is 2.66. The van der Waals surface area contributed by atoms with E-state index in [9.17, 15) is 13.2 Å². The predicted molar refractivity (Wildman–Crippen MR) is 113 cm³/mol. The second-order valence-electron chi connectivity index (χ2n) is 6.15. The summed E-state index contributed by atoms with van der Waals surface area (Å²) in [6.07, 6.45) is 3.36. The van der Waals surface area contributed by atoms with Gasteiger partial charge in [-0.2, -0.15) is 0 Å². The summed E-state index contributed by atoms with van der Waals surface area (Å²) < 4.78 is 28.2. The highest BCUT2D eigenvalue weighted by atomic mass is 32.2. The third kappa shape index (κ3) is 5.41. The highest BCUT2D eigenvalue weighted by Gasteiger charge is 2.13. The number of carbonyl (C=O) groups excluding carboxylic acids is 1. The van der Waals surface area contributed by atoms with Crippen molar-refractivity contribution in [1.29, 1.82) is 0 Å². The van der Waals surface area contributed by atoms with Crippen LogP contribution in [0.2, 0.25) is 0 Å². The number of amides is 1. The molecule has 2 aromatic heterocycles. The van der Waals surface area contributed by atoms with Gasteiger partial charge in [-0.05, 0) is 41.3 Å². The maximum atomic E-state index is 12.6. The standard InChI is InChI=1S/C20H21N3O3S2/c1-2-11-21-28(25,26)15-16-7-9-17(10-8-16)22-20(24)19-6-3-12-23(19)14-18-5-4-13-27-18/h2-10,12-13,21H,1,11,14-15H2,(H,22,24). The number of nitrogens with zero attached hydrogens (tertiary/aromatic N) is 1. The van der Waals surface area contributed by atoms with E-state index >= 15 is 0 Å². The third-order valence-corrected chi connectivity index (χ3v) is 6.17. The SMILES string of the molecule is C=CCNS(=O)(=O)Cc1ccc(NC(=O)c2cccn2Cc2cccs2)cc1. The predicted octanol–water partition coefficient (Wildman–Crippen LogP) is 3.46. The molecule has 0 bridgehead atoms. The van der Waals surface area contributed by atoms with Gasteiger partial charge in [0.05, 0.1) is 12.3 Å². The topological polar surface area (TPSA) is 80.2 Å². The molecule has 3 aromatic rings. The summed E-state index contributed by atoms with van der Waals surface area (Å²) in [6, 6.07) is 14.4. The highest BCUT2D eigenvalue weighted by molar-refractivity contribution is 7.88. The van der Waals surface area contributed by atoms with E-state index in [1.54, 1.807) is 41.7 Å². The van der Waals surface area contributed by atoms with Gasteiger partial charge in [-0.1, -0.05) is 24.3 Å². The van der Waals surface area contributed by atoms with Gasteiger partial charge in [-0.25, -0.2) is 13.1 Å². The van der Waals surface area contributed by atoms with Crippen molar-refractivity contribution in [3.05, 3.63) is 88.9 Å². The zero-order chi connectivity index (χ0) is 20.0. The smallest absolute Gasteiger partial charge is 0.272 e. The number of thiophene rings is 1. The van der Waals surface area contributed by atoms with Crippen molar-refractivity contribution in [2.45, 2.75) is 12.3 Å². The molecule has 0 atom stereocenters. The van der Waals surface area contributed by atoms with Crippen LogP contribution < -0.4 is 10.0 Å². The highest BCUT2D eigenvalue weighted by Crippen LogP contribution is 2.16. The van der Waals surface area contributed by atoms with Crippen LogP contribution in [0.1, 0.15) is 20.9 Å². The number of hydrogen-bond donors (Lipinski definition) is 2. The molecule has 0 aliphatic carbocycles. The Bertz CT molecular complexity index is 1040. The van der Waals surface area contributed by atoms with E-state index in [1.165, 1.54) is 11.0 Å². The van der Waals surface area contributed by atoms with Crippen molar-refractivity contribution in [1.82, 2.24) is 9.29 Å². The number of nitrogens with one attached hydrogen (secondary N) is 2. The summed E-state index contributed by atoms with van der Waals surface area (Å²) in [4.78, 5) is 13.8. The van der Waals surface area contributed by atoms with E-state index < -0.39 is 10.0 Å². The van der Waals surface area contributed by atoms with Crippen molar-refractivity contribution < 1.29 is 13.2 Å². The minimum absolute atomic E-state index is 0.126. The van der Waals surface area contributed by atoms with E-state index in [4.69, 9.17) is 0 Å². The number of benzene rings is 1. The number of carbonyl (C=O) groups is 1. The van der Waals surface area contributed by atoms with Crippen LogP contribution in [0.25, 0.3) is 0 Å². The van der Waals surface area contributed by atoms with Crippen LogP contribution in [0.15, 0.2) is 72.8 Å². The van der Waals surface area contributed by atoms with Gasteiger partial charge in [-0.15, -0.1) is 17.9 Å². The maximum absolute atomic E-state index is 12.6. The number of sulfonamides is 1. The molecule has 0 saturated heterocycles. The fourth-order valence-corrected chi connectivity index (χ4v) is 4.47. The molecule has 6 nitrogen and oxygen atoms in total. The first-order valence-electron chi connectivity index (χ1n) is 8.63. The largest absolute Gasteiger partial charge is 0.338 e. The van der Waals surface area contributed by atoms with Crippen molar-refractivity contribution in [3.8, 4) is 0 Å². The van der Waals surface area contributed by atoms with E-state index in [2.05, 4.69) is 16.6 Å². The molecule has 0 fully saturated rings. The van der Waals surface area contributed by atoms with Crippen LogP contribution >= 0.6 is 11.3 Å². The minimum Gasteiger partial charge on any atom is -0.338 e. The molecule has 1 aromatic carbocycles. The lowest BCUT2D eigenvalue weighted by atomic mass is 10.2. The summed E-state index contributed by atoms with van der Waals surface area (Å²) in [5, 5.41) is 4.86. The summed E-state index contributed by atoms with van der Waals surface area (Å²) >= 11 is 1.64. The first-order valence-corrected chi connectivity index (χ1v) is 11.2. The molecular weight excluding hydrogens is 394 g/mol. The lowest BCUT2D eigenvalue weighted by Gasteiger charge is -2.10. The zero-order valence-electron chi connectivity index (χ0n) is 15.2. The summed E-state index contributed by atoms with van der Waals surface area (Å²) in [7, 11) is -3.41. The Morgan fingerprint density at radius 2 is 1.93 bits per heavy atom. The lowest BCUT2D eigenvalue weighted by Crippen LogP contribution is -2.25. The van der Waals surface area contributed by atoms with Gasteiger partial charge in [0.25, 0.3) is 5.91 Å². The van der Waals surface area contributed by atoms with Crippen LogP contribution in [-0.4, -0.2) is 25.4 Å². The molecule has 0 aliphatic heterocycles. The molecule has 0 aliphatic rings. The number of anilines is 1. The zero-order valence-corrected chi connectivity index (χ0v) is 16.8. The van der Waals surface area contributed by atoms with Crippen LogP contribution in [0, 0.1) is 0 Å². The second-order valence-corrected chi connectivity index (χ2v) is 8.99. The molecule has 2 heterocycles. The molecule has 3 rings (SSSR count). The maximum Gasteiger partial charge on any atom is 0.272 e. The number of hydrogen-bond acceptors (Lipinski definition) is 4. The number of rotatable bonds is 9. The number of aromatic nitrogens is 1. The van der Waals surface area contributed by atoms with Crippen LogP contribution in [0.3, 0.4) is 0 Å². The van der Waals surface area contributed by atoms with Gasteiger partial charge in [0, 0.05) is 23.3 Å². The summed E-state index contributed by atoms with van der Waals surface area (Å²) in [5.41, 5.74) is 1.80. The van der Waals surface area contributed by atoms with Crippen molar-refractivity contribution in [2.75, 3.05) is 11.9 Å². The van der Waals surface area contributed by atoms with E-state index in [1.807, 2.05) is 34.3 Å².